The first kappa shape index (κ1) is 13.6. The zero-order valence-corrected chi connectivity index (χ0v) is 12.4. The molecule has 3 nitrogen and oxygen atoms in total. The van der Waals surface area contributed by atoms with Crippen LogP contribution in [0.4, 0.5) is 0 Å². The van der Waals surface area contributed by atoms with Crippen LogP contribution in [0.1, 0.15) is 5.56 Å². The average molecular weight is 274 g/mol. The highest BCUT2D eigenvalue weighted by Crippen LogP contribution is 2.24. The minimum absolute atomic E-state index is 0.0586. The van der Waals surface area contributed by atoms with E-state index in [2.05, 4.69) is 19.6 Å². The van der Waals surface area contributed by atoms with Crippen LogP contribution >= 0.6 is 0 Å². The van der Waals surface area contributed by atoms with Crippen molar-refractivity contribution < 1.29 is 14.3 Å². The molecule has 19 heavy (non-hydrogen) atoms. The maximum atomic E-state index is 10.7. The van der Waals surface area contributed by atoms with Gasteiger partial charge in [0.2, 0.25) is 8.32 Å². The highest BCUT2D eigenvalue weighted by molar-refractivity contribution is 6.70. The molecule has 0 saturated carbocycles. The van der Waals surface area contributed by atoms with Gasteiger partial charge in [0.05, 0.1) is 6.42 Å². The van der Waals surface area contributed by atoms with Gasteiger partial charge in [0.15, 0.2) is 0 Å². The summed E-state index contributed by atoms with van der Waals surface area (Å²) in [7, 11) is -1.60. The van der Waals surface area contributed by atoms with Crippen molar-refractivity contribution >= 4 is 25.1 Å². The molecule has 0 aliphatic rings. The number of hydrogen-bond acceptors (Lipinski definition) is 2. The molecule has 4 heteroatoms. The Bertz CT molecular complexity index is 614. The minimum Gasteiger partial charge on any atom is -0.544 e. The van der Waals surface area contributed by atoms with E-state index in [0.717, 1.165) is 22.1 Å². The fraction of sp³-hybridized carbons (Fsp3) is 0.267. The van der Waals surface area contributed by atoms with E-state index in [1.165, 1.54) is 0 Å². The smallest absolute Gasteiger partial charge is 0.307 e. The second-order valence-corrected chi connectivity index (χ2v) is 10.1. The molecule has 0 aliphatic carbocycles. The van der Waals surface area contributed by atoms with Crippen molar-refractivity contribution in [3.63, 3.8) is 0 Å². The van der Waals surface area contributed by atoms with Crippen molar-refractivity contribution in [2.75, 3.05) is 0 Å². The largest absolute Gasteiger partial charge is 0.544 e. The van der Waals surface area contributed by atoms with Crippen molar-refractivity contribution in [1.82, 2.24) is 0 Å². The summed E-state index contributed by atoms with van der Waals surface area (Å²) >= 11 is 0. The van der Waals surface area contributed by atoms with E-state index >= 15 is 0 Å². The predicted octanol–water partition coefficient (Wildman–Crippen LogP) is 3.68. The van der Waals surface area contributed by atoms with Crippen LogP contribution < -0.4 is 4.43 Å². The molecule has 2 rings (SSSR count). The zero-order chi connectivity index (χ0) is 14.0. The van der Waals surface area contributed by atoms with E-state index in [4.69, 9.17) is 9.53 Å². The Balaban J connectivity index is 2.32. The Labute approximate surface area is 114 Å². The van der Waals surface area contributed by atoms with Crippen molar-refractivity contribution in [1.29, 1.82) is 0 Å². The third-order valence-corrected chi connectivity index (χ3v) is 3.50. The molecule has 2 aromatic rings. The summed E-state index contributed by atoms with van der Waals surface area (Å²) in [4.78, 5) is 10.7. The SMILES string of the molecule is C[Si](C)(C)Oc1ccc2cc(CC(=O)O)ccc2c1. The average Bonchev–Trinajstić information content (AvgIpc) is 2.26. The lowest BCUT2D eigenvalue weighted by Gasteiger charge is -2.19. The van der Waals surface area contributed by atoms with Crippen molar-refractivity contribution in [2.24, 2.45) is 0 Å². The van der Waals surface area contributed by atoms with Crippen molar-refractivity contribution in [3.8, 4) is 5.75 Å². The van der Waals surface area contributed by atoms with Gasteiger partial charge in [-0.1, -0.05) is 24.3 Å². The molecule has 2 aromatic carbocycles. The van der Waals surface area contributed by atoms with Gasteiger partial charge in [-0.2, -0.15) is 0 Å². The first-order chi connectivity index (χ1) is 8.83. The molecule has 0 radical (unpaired) electrons. The van der Waals surface area contributed by atoms with Crippen LogP contribution in [0.2, 0.25) is 19.6 Å². The Hall–Kier alpha value is -1.81. The predicted molar refractivity (Wildman–Crippen MR) is 79.3 cm³/mol. The third-order valence-electron chi connectivity index (χ3n) is 2.66. The number of carboxylic acid groups (broad SMARTS) is 1. The quantitative estimate of drug-likeness (QED) is 0.865. The third kappa shape index (κ3) is 3.82. The molecule has 0 bridgehead atoms. The Morgan fingerprint density at radius 2 is 1.74 bits per heavy atom. The topological polar surface area (TPSA) is 46.5 Å². The second kappa shape index (κ2) is 5.05. The lowest BCUT2D eigenvalue weighted by atomic mass is 10.1. The molecule has 0 aliphatic heterocycles. The summed E-state index contributed by atoms with van der Waals surface area (Å²) in [6.45, 7) is 6.44. The fourth-order valence-corrected chi connectivity index (χ4v) is 2.81. The van der Waals surface area contributed by atoms with Gasteiger partial charge in [-0.15, -0.1) is 0 Å². The highest BCUT2D eigenvalue weighted by Gasteiger charge is 2.16. The van der Waals surface area contributed by atoms with Crippen LogP contribution in [0.25, 0.3) is 10.8 Å². The molecular formula is C15H18O3Si. The number of fused-ring (bicyclic) bond motifs is 1. The van der Waals surface area contributed by atoms with Gasteiger partial charge >= 0.3 is 5.97 Å². The van der Waals surface area contributed by atoms with E-state index in [-0.39, 0.29) is 6.42 Å². The van der Waals surface area contributed by atoms with Crippen LogP contribution in [-0.4, -0.2) is 19.4 Å². The molecule has 0 spiro atoms. The maximum absolute atomic E-state index is 10.7. The number of hydrogen-bond donors (Lipinski definition) is 1. The van der Waals surface area contributed by atoms with Crippen LogP contribution in [0, 0.1) is 0 Å². The van der Waals surface area contributed by atoms with E-state index in [0.29, 0.717) is 0 Å². The van der Waals surface area contributed by atoms with Gasteiger partial charge in [-0.05, 0) is 48.1 Å². The van der Waals surface area contributed by atoms with Gasteiger partial charge in [0.1, 0.15) is 5.75 Å². The zero-order valence-electron chi connectivity index (χ0n) is 11.4. The summed E-state index contributed by atoms with van der Waals surface area (Å²) < 4.78 is 5.95. The van der Waals surface area contributed by atoms with E-state index in [9.17, 15) is 4.79 Å². The molecule has 0 amide bonds. The summed E-state index contributed by atoms with van der Waals surface area (Å²) in [5, 5.41) is 10.9. The fourth-order valence-electron chi connectivity index (χ4n) is 1.97. The molecule has 0 aromatic heterocycles. The molecule has 0 fully saturated rings. The number of carbonyl (C=O) groups is 1. The van der Waals surface area contributed by atoms with Gasteiger partial charge in [-0.3, -0.25) is 4.79 Å². The van der Waals surface area contributed by atoms with Crippen LogP contribution in [-0.2, 0) is 11.2 Å². The molecule has 1 N–H and O–H groups in total. The first-order valence-electron chi connectivity index (χ1n) is 6.27. The Morgan fingerprint density at radius 1 is 1.11 bits per heavy atom. The monoisotopic (exact) mass is 274 g/mol. The lowest BCUT2D eigenvalue weighted by molar-refractivity contribution is -0.136. The van der Waals surface area contributed by atoms with E-state index in [1.54, 1.807) is 0 Å². The molecule has 0 saturated heterocycles. The van der Waals surface area contributed by atoms with E-state index < -0.39 is 14.3 Å². The molecule has 0 atom stereocenters. The van der Waals surface area contributed by atoms with Crippen LogP contribution in [0.3, 0.4) is 0 Å². The van der Waals surface area contributed by atoms with Crippen molar-refractivity contribution in [2.45, 2.75) is 26.1 Å². The standard InChI is InChI=1S/C15H18O3Si/c1-19(2,3)18-14-7-6-12-8-11(9-15(16)17)4-5-13(12)10-14/h4-8,10H,9H2,1-3H3,(H,16,17). The summed E-state index contributed by atoms with van der Waals surface area (Å²) in [6.07, 6.45) is 0.0586. The van der Waals surface area contributed by atoms with Gasteiger partial charge in [0.25, 0.3) is 0 Å². The first-order valence-corrected chi connectivity index (χ1v) is 9.68. The van der Waals surface area contributed by atoms with Crippen LogP contribution in [0.15, 0.2) is 36.4 Å². The molecule has 100 valence electrons. The Morgan fingerprint density at radius 3 is 2.37 bits per heavy atom. The Kier molecular flexibility index (Phi) is 3.62. The number of rotatable bonds is 4. The van der Waals surface area contributed by atoms with Gasteiger partial charge < -0.3 is 9.53 Å². The summed E-state index contributed by atoms with van der Waals surface area (Å²) in [6, 6.07) is 11.7. The normalized spacial score (nSPS) is 11.5. The number of benzene rings is 2. The highest BCUT2D eigenvalue weighted by atomic mass is 28.4. The van der Waals surface area contributed by atoms with Crippen molar-refractivity contribution in [3.05, 3.63) is 42.0 Å². The van der Waals surface area contributed by atoms with E-state index in [1.807, 2.05) is 36.4 Å². The lowest BCUT2D eigenvalue weighted by Crippen LogP contribution is -2.29. The second-order valence-electron chi connectivity index (χ2n) is 5.63. The van der Waals surface area contributed by atoms with Gasteiger partial charge in [-0.25, -0.2) is 0 Å². The molecule has 0 unspecified atom stereocenters. The van der Waals surface area contributed by atoms with Gasteiger partial charge in [0, 0.05) is 0 Å². The molecule has 0 heterocycles. The van der Waals surface area contributed by atoms with Crippen LogP contribution in [0.5, 0.6) is 5.75 Å². The molecular weight excluding hydrogens is 256 g/mol. The summed E-state index contributed by atoms with van der Waals surface area (Å²) in [5.41, 5.74) is 0.818. The number of aliphatic carboxylic acids is 1. The minimum atomic E-state index is -1.60. The number of carboxylic acids is 1. The summed E-state index contributed by atoms with van der Waals surface area (Å²) in [5.74, 6) is 0.0793. The maximum Gasteiger partial charge on any atom is 0.307 e.